The van der Waals surface area contributed by atoms with Gasteiger partial charge in [-0.15, -0.1) is 0 Å². The number of nitrogens with one attached hydrogen (secondary N) is 2. The molecule has 0 radical (unpaired) electrons. The fourth-order valence-electron chi connectivity index (χ4n) is 1.19. The minimum absolute atomic E-state index is 0.125. The highest BCUT2D eigenvalue weighted by Crippen LogP contribution is 2.17. The zero-order valence-corrected chi connectivity index (χ0v) is 12.2. The lowest BCUT2D eigenvalue weighted by molar-refractivity contribution is 0.358. The van der Waals surface area contributed by atoms with Crippen molar-refractivity contribution in [2.45, 2.75) is 41.0 Å². The number of hydrogen-bond acceptors (Lipinski definition) is 6. The molecule has 8 heteroatoms. The van der Waals surface area contributed by atoms with Gasteiger partial charge in [0.2, 0.25) is 0 Å². The number of nitrogens with two attached hydrogens (primary N) is 2. The van der Waals surface area contributed by atoms with Crippen molar-refractivity contribution in [3.63, 3.8) is 0 Å². The quantitative estimate of drug-likeness (QED) is 0.265. The van der Waals surface area contributed by atoms with Gasteiger partial charge in [-0.2, -0.15) is 5.10 Å². The fourth-order valence-corrected chi connectivity index (χ4v) is 1.19. The molecule has 1 aromatic rings. The van der Waals surface area contributed by atoms with Gasteiger partial charge < -0.3 is 11.3 Å². The summed E-state index contributed by atoms with van der Waals surface area (Å²) in [5.41, 5.74) is 2.50. The van der Waals surface area contributed by atoms with Crippen molar-refractivity contribution >= 4 is 5.84 Å². The largest absolute Gasteiger partial charge is 0.438 e. The topological polar surface area (TPSA) is 135 Å². The van der Waals surface area contributed by atoms with Crippen molar-refractivity contribution in [2.24, 2.45) is 28.1 Å². The Morgan fingerprint density at radius 1 is 1.53 bits per heavy atom. The first-order chi connectivity index (χ1) is 8.69. The number of amidine groups is 1. The molecule has 0 aliphatic rings. The predicted octanol–water partition coefficient (Wildman–Crippen LogP) is 0.329. The van der Waals surface area contributed by atoms with Crippen molar-refractivity contribution in [3.05, 3.63) is 16.4 Å². The molecule has 1 heterocycles. The molecule has 0 aromatic carbocycles. The molecule has 0 aliphatic heterocycles. The first kappa shape index (κ1) is 17.2. The van der Waals surface area contributed by atoms with Crippen LogP contribution >= 0.6 is 0 Å². The van der Waals surface area contributed by atoms with E-state index in [2.05, 4.69) is 46.0 Å². The lowest BCUT2D eigenvalue weighted by atomic mass is 9.92. The first-order valence-corrected chi connectivity index (χ1v) is 5.99. The van der Waals surface area contributed by atoms with E-state index in [4.69, 9.17) is 11.7 Å². The molecule has 8 nitrogen and oxygen atoms in total. The van der Waals surface area contributed by atoms with Crippen LogP contribution in [0.3, 0.4) is 0 Å². The number of hydrazine groups is 1. The monoisotopic (exact) mass is 272 g/mol. The Morgan fingerprint density at radius 2 is 2.11 bits per heavy atom. The molecular formula is C11H24N6O2. The third kappa shape index (κ3) is 7.98. The van der Waals surface area contributed by atoms with Crippen LogP contribution in [0.5, 0.6) is 0 Å². The van der Waals surface area contributed by atoms with Crippen molar-refractivity contribution in [1.29, 1.82) is 0 Å². The number of H-pyrrole nitrogens is 1. The summed E-state index contributed by atoms with van der Waals surface area (Å²) in [4.78, 5) is 13.0. The van der Waals surface area contributed by atoms with Crippen LogP contribution in [0.2, 0.25) is 0 Å². The summed E-state index contributed by atoms with van der Waals surface area (Å²) >= 11 is 0. The Kier molecular flexibility index (Phi) is 6.84. The summed E-state index contributed by atoms with van der Waals surface area (Å²) < 4.78 is 4.35. The predicted molar refractivity (Wildman–Crippen MR) is 74.1 cm³/mol. The molecule has 0 spiro atoms. The molecule has 0 unspecified atom stereocenters. The van der Waals surface area contributed by atoms with E-state index in [1.165, 1.54) is 0 Å². The second-order valence-corrected chi connectivity index (χ2v) is 5.59. The zero-order valence-electron chi connectivity index (χ0n) is 12.2. The van der Waals surface area contributed by atoms with E-state index in [1.54, 1.807) is 0 Å². The molecule has 0 bridgehead atoms. The lowest BCUT2D eigenvalue weighted by Gasteiger charge is -2.14. The van der Waals surface area contributed by atoms with Gasteiger partial charge in [0.1, 0.15) is 5.84 Å². The van der Waals surface area contributed by atoms with Crippen LogP contribution in [-0.2, 0) is 6.42 Å². The number of hydrogen-bond donors (Lipinski definition) is 4. The number of nitrogens with zero attached hydrogens (tertiary/aromatic N) is 2. The van der Waals surface area contributed by atoms with Gasteiger partial charge in [0, 0.05) is 12.3 Å². The van der Waals surface area contributed by atoms with Crippen LogP contribution in [-0.4, -0.2) is 16.0 Å². The molecule has 0 saturated carbocycles. The average molecular weight is 272 g/mol. The highest BCUT2D eigenvalue weighted by atomic mass is 16.5. The van der Waals surface area contributed by atoms with Crippen molar-refractivity contribution in [1.82, 2.24) is 15.6 Å². The third-order valence-corrected chi connectivity index (χ3v) is 2.02. The van der Waals surface area contributed by atoms with Gasteiger partial charge in [-0.05, 0) is 5.41 Å². The summed E-state index contributed by atoms with van der Waals surface area (Å²) in [5.74, 6) is 11.0. The van der Waals surface area contributed by atoms with Crippen LogP contribution < -0.4 is 22.9 Å². The molecule has 1 aromatic heterocycles. The average Bonchev–Trinajstić information content (AvgIpc) is 2.63. The Balaban J connectivity index is 0.000000362. The fraction of sp³-hybridized carbons (Fsp3) is 0.727. The molecule has 0 fully saturated rings. The molecular weight excluding hydrogens is 248 g/mol. The van der Waals surface area contributed by atoms with Crippen LogP contribution in [0.25, 0.3) is 0 Å². The molecule has 110 valence electrons. The standard InChI is InChI=1S/C7H12N2O2.C4H12N4/c1-7(2,3)4-5-8-6(10)11-9-5;1-3(2)4(7-5)8-6/h4H2,1-3H3,(H,8,9,10);3H,5-6H2,1-2H3,(H,7,8). The first-order valence-electron chi connectivity index (χ1n) is 5.99. The Hall–Kier alpha value is -1.83. The van der Waals surface area contributed by atoms with Gasteiger partial charge in [0.25, 0.3) is 0 Å². The molecule has 0 amide bonds. The van der Waals surface area contributed by atoms with E-state index < -0.39 is 5.76 Å². The Bertz CT molecular complexity index is 441. The molecule has 0 saturated heterocycles. The maximum absolute atomic E-state index is 10.5. The molecule has 0 aliphatic carbocycles. The summed E-state index contributed by atoms with van der Waals surface area (Å²) in [7, 11) is 0. The van der Waals surface area contributed by atoms with Gasteiger partial charge in [0.15, 0.2) is 5.82 Å². The van der Waals surface area contributed by atoms with E-state index in [0.29, 0.717) is 11.7 Å². The summed E-state index contributed by atoms with van der Waals surface area (Å²) in [6.45, 7) is 10.1. The zero-order chi connectivity index (χ0) is 15.1. The van der Waals surface area contributed by atoms with E-state index in [-0.39, 0.29) is 11.3 Å². The lowest BCUT2D eigenvalue weighted by Crippen LogP contribution is -2.34. The highest BCUT2D eigenvalue weighted by molar-refractivity contribution is 5.82. The molecule has 0 atom stereocenters. The maximum atomic E-state index is 10.5. The van der Waals surface area contributed by atoms with Gasteiger partial charge in [-0.1, -0.05) is 39.8 Å². The van der Waals surface area contributed by atoms with Gasteiger partial charge in [-0.25, -0.2) is 10.6 Å². The minimum Gasteiger partial charge on any atom is -0.322 e. The second kappa shape index (κ2) is 7.57. The second-order valence-electron chi connectivity index (χ2n) is 5.59. The van der Waals surface area contributed by atoms with Crippen LogP contribution in [0.1, 0.15) is 40.4 Å². The third-order valence-electron chi connectivity index (χ3n) is 2.02. The number of rotatable bonds is 2. The highest BCUT2D eigenvalue weighted by Gasteiger charge is 2.14. The number of aromatic amines is 1. The molecule has 19 heavy (non-hydrogen) atoms. The van der Waals surface area contributed by atoms with Gasteiger partial charge >= 0.3 is 5.76 Å². The summed E-state index contributed by atoms with van der Waals surface area (Å²) in [6, 6.07) is 0. The summed E-state index contributed by atoms with van der Waals surface area (Å²) in [6.07, 6.45) is 0.721. The van der Waals surface area contributed by atoms with Crippen molar-refractivity contribution < 1.29 is 4.52 Å². The van der Waals surface area contributed by atoms with Gasteiger partial charge in [0.05, 0.1) is 0 Å². The normalized spacial score (nSPS) is 12.1. The van der Waals surface area contributed by atoms with Crippen LogP contribution in [0.15, 0.2) is 14.4 Å². The molecule has 1 rings (SSSR count). The Morgan fingerprint density at radius 3 is 2.32 bits per heavy atom. The Labute approximate surface area is 112 Å². The van der Waals surface area contributed by atoms with E-state index >= 15 is 0 Å². The van der Waals surface area contributed by atoms with E-state index in [1.807, 2.05) is 13.8 Å². The van der Waals surface area contributed by atoms with E-state index in [9.17, 15) is 4.79 Å². The van der Waals surface area contributed by atoms with Crippen LogP contribution in [0.4, 0.5) is 0 Å². The van der Waals surface area contributed by atoms with E-state index in [0.717, 1.165) is 6.42 Å². The summed E-state index contributed by atoms with van der Waals surface area (Å²) in [5, 5.41) is 6.94. The van der Waals surface area contributed by atoms with Crippen molar-refractivity contribution in [2.75, 3.05) is 0 Å². The smallest absolute Gasteiger partial charge is 0.322 e. The number of hydrazone groups is 1. The van der Waals surface area contributed by atoms with Crippen molar-refractivity contribution in [3.8, 4) is 0 Å². The van der Waals surface area contributed by atoms with Gasteiger partial charge in [-0.3, -0.25) is 9.51 Å². The maximum Gasteiger partial charge on any atom is 0.438 e. The minimum atomic E-state index is -0.482. The van der Waals surface area contributed by atoms with Crippen LogP contribution in [0, 0.1) is 11.3 Å². The number of aromatic nitrogens is 2. The molecule has 6 N–H and O–H groups in total. The SMILES string of the molecule is CC(C)(C)Cc1noc(=O)[nH]1.CC(C)/C(=N/N)NN.